The number of halogens is 3. The van der Waals surface area contributed by atoms with Crippen LogP contribution in [0.2, 0.25) is 0 Å². The van der Waals surface area contributed by atoms with E-state index in [-0.39, 0.29) is 12.2 Å². The highest BCUT2D eigenvalue weighted by Gasteiger charge is 2.35. The predicted molar refractivity (Wildman–Crippen MR) is 111 cm³/mol. The van der Waals surface area contributed by atoms with E-state index in [9.17, 15) is 22.8 Å². The van der Waals surface area contributed by atoms with Crippen molar-refractivity contribution in [1.82, 2.24) is 14.5 Å². The van der Waals surface area contributed by atoms with Crippen molar-refractivity contribution in [2.75, 3.05) is 7.11 Å². The van der Waals surface area contributed by atoms with Gasteiger partial charge >= 0.3 is 12.1 Å². The number of ether oxygens (including phenoxy) is 1. The molecule has 2 aromatic rings. The number of alkyl halides is 3. The van der Waals surface area contributed by atoms with Gasteiger partial charge in [-0.1, -0.05) is 31.7 Å². The first-order valence-electron chi connectivity index (χ1n) is 10.7. The van der Waals surface area contributed by atoms with Gasteiger partial charge in [0.15, 0.2) is 11.5 Å². The van der Waals surface area contributed by atoms with Crippen LogP contribution in [0.3, 0.4) is 0 Å². The molecule has 1 aliphatic rings. The molecule has 2 aromatic heterocycles. The van der Waals surface area contributed by atoms with Gasteiger partial charge in [0.2, 0.25) is 0 Å². The maximum atomic E-state index is 13.2. The Balaban J connectivity index is 1.79. The predicted octanol–water partition coefficient (Wildman–Crippen LogP) is 4.68. The minimum Gasteiger partial charge on any atom is -0.468 e. The molecular formula is C23H28F3N3O3. The number of carbonyl (C=O) groups is 2. The Hall–Kier alpha value is -2.71. The van der Waals surface area contributed by atoms with E-state index >= 15 is 0 Å². The molecule has 1 atom stereocenters. The van der Waals surface area contributed by atoms with Crippen LogP contribution in [0.5, 0.6) is 0 Å². The first-order chi connectivity index (χ1) is 15.0. The normalized spacial score (nSPS) is 16.2. The SMILES string of the molecule is COC(=O)C(C)(C)c1ccc(CC(=O)[C@H](CC2CCCC2)n2cnc(C(F)(F)F)c2)nc1. The van der Waals surface area contributed by atoms with Crippen molar-refractivity contribution in [2.45, 2.75) is 70.0 Å². The molecule has 3 rings (SSSR count). The van der Waals surface area contributed by atoms with Crippen LogP contribution in [0.25, 0.3) is 0 Å². The van der Waals surface area contributed by atoms with Crippen LogP contribution in [0.4, 0.5) is 13.2 Å². The first kappa shape index (κ1) is 23.9. The van der Waals surface area contributed by atoms with Gasteiger partial charge in [-0.25, -0.2) is 4.98 Å². The average molecular weight is 451 g/mol. The molecule has 32 heavy (non-hydrogen) atoms. The molecule has 2 heterocycles. The molecule has 174 valence electrons. The molecule has 0 aromatic carbocycles. The molecule has 0 radical (unpaired) electrons. The Morgan fingerprint density at radius 2 is 1.88 bits per heavy atom. The van der Waals surface area contributed by atoms with Crippen LogP contribution < -0.4 is 0 Å². The van der Waals surface area contributed by atoms with Crippen molar-refractivity contribution in [3.63, 3.8) is 0 Å². The number of methoxy groups -OCH3 is 1. The fraction of sp³-hybridized carbons (Fsp3) is 0.565. The summed E-state index contributed by atoms with van der Waals surface area (Å²) in [5.41, 5.74) is -0.756. The van der Waals surface area contributed by atoms with Gasteiger partial charge in [-0.15, -0.1) is 0 Å². The topological polar surface area (TPSA) is 74.1 Å². The minimum atomic E-state index is -4.56. The lowest BCUT2D eigenvalue weighted by molar-refractivity contribution is -0.146. The summed E-state index contributed by atoms with van der Waals surface area (Å²) in [7, 11) is 1.31. The molecule has 1 fully saturated rings. The highest BCUT2D eigenvalue weighted by atomic mass is 19.4. The number of hydrogen-bond acceptors (Lipinski definition) is 5. The lowest BCUT2D eigenvalue weighted by atomic mass is 9.85. The number of carbonyl (C=O) groups excluding carboxylic acids is 2. The number of esters is 1. The lowest BCUT2D eigenvalue weighted by Gasteiger charge is -2.22. The zero-order valence-electron chi connectivity index (χ0n) is 18.5. The second-order valence-electron chi connectivity index (χ2n) is 8.90. The van der Waals surface area contributed by atoms with Crippen molar-refractivity contribution >= 4 is 11.8 Å². The van der Waals surface area contributed by atoms with Gasteiger partial charge in [-0.2, -0.15) is 13.2 Å². The summed E-state index contributed by atoms with van der Waals surface area (Å²) < 4.78 is 45.2. The van der Waals surface area contributed by atoms with Crippen LogP contribution in [0, 0.1) is 5.92 Å². The second-order valence-corrected chi connectivity index (χ2v) is 8.90. The summed E-state index contributed by atoms with van der Waals surface area (Å²) in [6.45, 7) is 3.44. The van der Waals surface area contributed by atoms with Crippen molar-refractivity contribution < 1.29 is 27.5 Å². The minimum absolute atomic E-state index is 0.0180. The van der Waals surface area contributed by atoms with Gasteiger partial charge in [0, 0.05) is 18.1 Å². The van der Waals surface area contributed by atoms with E-state index in [0.29, 0.717) is 23.6 Å². The molecule has 9 heteroatoms. The molecular weight excluding hydrogens is 423 g/mol. The molecule has 0 bridgehead atoms. The summed E-state index contributed by atoms with van der Waals surface area (Å²) >= 11 is 0. The number of hydrogen-bond donors (Lipinski definition) is 0. The Morgan fingerprint density at radius 1 is 1.19 bits per heavy atom. The third-order valence-corrected chi connectivity index (χ3v) is 6.25. The van der Waals surface area contributed by atoms with Crippen LogP contribution in [0.1, 0.15) is 68.9 Å². The van der Waals surface area contributed by atoms with E-state index in [4.69, 9.17) is 4.74 Å². The van der Waals surface area contributed by atoms with E-state index in [0.717, 1.165) is 38.2 Å². The van der Waals surface area contributed by atoms with Crippen LogP contribution in [-0.4, -0.2) is 33.4 Å². The zero-order valence-corrected chi connectivity index (χ0v) is 18.5. The molecule has 1 saturated carbocycles. The third-order valence-electron chi connectivity index (χ3n) is 6.25. The van der Waals surface area contributed by atoms with Gasteiger partial charge in [-0.3, -0.25) is 14.6 Å². The van der Waals surface area contributed by atoms with Gasteiger partial charge in [0.05, 0.1) is 31.3 Å². The van der Waals surface area contributed by atoms with E-state index in [1.165, 1.54) is 17.9 Å². The summed E-state index contributed by atoms with van der Waals surface area (Å²) in [6.07, 6.45) is 3.53. The van der Waals surface area contributed by atoms with E-state index < -0.39 is 29.3 Å². The molecule has 0 aliphatic heterocycles. The van der Waals surface area contributed by atoms with Gasteiger partial charge in [0.1, 0.15) is 0 Å². The van der Waals surface area contributed by atoms with Crippen LogP contribution in [-0.2, 0) is 32.3 Å². The Labute approximate surface area is 185 Å². The molecule has 0 spiro atoms. The summed E-state index contributed by atoms with van der Waals surface area (Å²) in [6, 6.07) is 2.66. The Morgan fingerprint density at radius 3 is 2.41 bits per heavy atom. The van der Waals surface area contributed by atoms with Gasteiger partial charge in [0.25, 0.3) is 0 Å². The quantitative estimate of drug-likeness (QED) is 0.545. The number of nitrogens with zero attached hydrogens (tertiary/aromatic N) is 3. The van der Waals surface area contributed by atoms with Crippen molar-refractivity contribution in [1.29, 1.82) is 0 Å². The number of imidazole rings is 1. The number of rotatable bonds is 8. The second kappa shape index (κ2) is 9.42. The van der Waals surface area contributed by atoms with E-state index in [1.807, 2.05) is 0 Å². The summed E-state index contributed by atoms with van der Waals surface area (Å²) in [5, 5.41) is 0. The fourth-order valence-corrected chi connectivity index (χ4v) is 4.20. The van der Waals surface area contributed by atoms with Crippen molar-refractivity contribution in [3.05, 3.63) is 47.8 Å². The van der Waals surface area contributed by atoms with Gasteiger partial charge < -0.3 is 9.30 Å². The fourth-order valence-electron chi connectivity index (χ4n) is 4.20. The Bertz CT molecular complexity index is 945. The number of Topliss-reactive ketones (excluding diaryl/α,β-unsaturated/α-hetero) is 1. The number of ketones is 1. The van der Waals surface area contributed by atoms with E-state index in [2.05, 4.69) is 9.97 Å². The average Bonchev–Trinajstić information content (AvgIpc) is 3.43. The molecule has 6 nitrogen and oxygen atoms in total. The largest absolute Gasteiger partial charge is 0.468 e. The van der Waals surface area contributed by atoms with Crippen LogP contribution >= 0.6 is 0 Å². The van der Waals surface area contributed by atoms with Crippen molar-refractivity contribution in [2.24, 2.45) is 5.92 Å². The smallest absolute Gasteiger partial charge is 0.434 e. The lowest BCUT2D eigenvalue weighted by Crippen LogP contribution is -2.30. The maximum Gasteiger partial charge on any atom is 0.434 e. The molecule has 1 aliphatic carbocycles. The molecule has 0 amide bonds. The number of aromatic nitrogens is 3. The Kier molecular flexibility index (Phi) is 7.05. The zero-order chi connectivity index (χ0) is 23.5. The molecule has 0 N–H and O–H groups in total. The standard InChI is InChI=1S/C23H28F3N3O3/c1-22(2,21(31)32-3)16-8-9-17(27-12-16)11-19(30)18(10-15-6-4-5-7-15)29-13-20(28-14-29)23(24,25)26/h8-9,12-15,18H,4-7,10-11H2,1-3H3/t18-/m0/s1. The van der Waals surface area contributed by atoms with Gasteiger partial charge in [-0.05, 0) is 37.8 Å². The highest BCUT2D eigenvalue weighted by molar-refractivity contribution is 5.84. The van der Waals surface area contributed by atoms with Crippen molar-refractivity contribution in [3.8, 4) is 0 Å². The number of pyridine rings is 1. The maximum absolute atomic E-state index is 13.2. The summed E-state index contributed by atoms with van der Waals surface area (Å²) in [5.74, 6) is -0.312. The monoisotopic (exact) mass is 451 g/mol. The molecule has 0 unspecified atom stereocenters. The third kappa shape index (κ3) is 5.37. The summed E-state index contributed by atoms with van der Waals surface area (Å²) in [4.78, 5) is 32.9. The first-order valence-corrected chi connectivity index (χ1v) is 10.7. The molecule has 0 saturated heterocycles. The van der Waals surface area contributed by atoms with Crippen LogP contribution in [0.15, 0.2) is 30.9 Å². The highest BCUT2D eigenvalue weighted by Crippen LogP contribution is 2.34. The van der Waals surface area contributed by atoms with E-state index in [1.54, 1.807) is 26.0 Å².